The predicted molar refractivity (Wildman–Crippen MR) is 94.6 cm³/mol. The molecule has 0 saturated carbocycles. The number of nitrogens with one attached hydrogen (secondary N) is 2. The van der Waals surface area contributed by atoms with Crippen molar-refractivity contribution in [3.63, 3.8) is 0 Å². The van der Waals surface area contributed by atoms with Gasteiger partial charge < -0.3 is 10.6 Å². The molecule has 0 aliphatic heterocycles. The van der Waals surface area contributed by atoms with Gasteiger partial charge in [0, 0.05) is 12.6 Å². The molecule has 1 aromatic heterocycles. The number of amides is 1. The van der Waals surface area contributed by atoms with Gasteiger partial charge in [0.15, 0.2) is 0 Å². The number of nitrogens with zero attached hydrogens (tertiary/aromatic N) is 2. The first-order valence-corrected chi connectivity index (χ1v) is 8.36. The average molecular weight is 387 g/mol. The third kappa shape index (κ3) is 5.32. The largest absolute Gasteiger partial charge is 0.416 e. The van der Waals surface area contributed by atoms with Crippen molar-refractivity contribution in [2.24, 2.45) is 0 Å². The zero-order valence-electron chi connectivity index (χ0n) is 14.2. The van der Waals surface area contributed by atoms with Gasteiger partial charge in [0.2, 0.25) is 0 Å². The molecule has 0 radical (unpaired) electrons. The van der Waals surface area contributed by atoms with Crippen molar-refractivity contribution < 1.29 is 18.0 Å². The third-order valence-electron chi connectivity index (χ3n) is 3.45. The zero-order chi connectivity index (χ0) is 19.3. The maximum atomic E-state index is 12.8. The van der Waals surface area contributed by atoms with E-state index >= 15 is 0 Å². The highest BCUT2D eigenvalue weighted by Gasteiger charge is 2.31. The van der Waals surface area contributed by atoms with Gasteiger partial charge in [-0.25, -0.2) is 9.97 Å². The Morgan fingerprint density at radius 2 is 1.96 bits per heavy atom. The van der Waals surface area contributed by atoms with Gasteiger partial charge in [-0.05, 0) is 31.5 Å². The lowest BCUT2D eigenvalue weighted by Gasteiger charge is -2.12. The van der Waals surface area contributed by atoms with Crippen LogP contribution in [0, 0.1) is 6.92 Å². The molecule has 1 amide bonds. The summed E-state index contributed by atoms with van der Waals surface area (Å²) >= 11 is 5.90. The van der Waals surface area contributed by atoms with Crippen LogP contribution in [0.3, 0.4) is 0 Å². The van der Waals surface area contributed by atoms with Gasteiger partial charge >= 0.3 is 6.18 Å². The van der Waals surface area contributed by atoms with Gasteiger partial charge in [-0.2, -0.15) is 13.2 Å². The van der Waals surface area contributed by atoms with Crippen LogP contribution >= 0.6 is 11.6 Å². The van der Waals surface area contributed by atoms with E-state index in [2.05, 4.69) is 20.6 Å². The Kier molecular flexibility index (Phi) is 6.42. The van der Waals surface area contributed by atoms with Crippen molar-refractivity contribution in [3.05, 3.63) is 46.4 Å². The molecule has 0 bridgehead atoms. The first kappa shape index (κ1) is 20.0. The van der Waals surface area contributed by atoms with E-state index in [1.54, 1.807) is 6.92 Å². The van der Waals surface area contributed by atoms with Crippen molar-refractivity contribution in [3.8, 4) is 0 Å². The van der Waals surface area contributed by atoms with E-state index in [0.717, 1.165) is 31.0 Å². The Balaban J connectivity index is 2.22. The molecule has 0 atom stereocenters. The number of anilines is 2. The number of aryl methyl sites for hydroxylation is 1. The quantitative estimate of drug-likeness (QED) is 0.691. The van der Waals surface area contributed by atoms with Crippen molar-refractivity contribution in [2.45, 2.75) is 32.9 Å². The fourth-order valence-electron chi connectivity index (χ4n) is 2.15. The summed E-state index contributed by atoms with van der Waals surface area (Å²) in [5, 5.41) is 5.45. The van der Waals surface area contributed by atoms with Crippen LogP contribution in [0.4, 0.5) is 24.7 Å². The Morgan fingerprint density at radius 1 is 1.23 bits per heavy atom. The van der Waals surface area contributed by atoms with E-state index in [1.807, 2.05) is 6.92 Å². The summed E-state index contributed by atoms with van der Waals surface area (Å²) in [7, 11) is 0. The molecule has 1 aromatic carbocycles. The molecule has 0 spiro atoms. The van der Waals surface area contributed by atoms with E-state index in [-0.39, 0.29) is 16.4 Å². The second-order valence-corrected chi connectivity index (χ2v) is 6.02. The van der Waals surface area contributed by atoms with Crippen LogP contribution in [0.15, 0.2) is 24.3 Å². The van der Waals surface area contributed by atoms with Crippen LogP contribution < -0.4 is 10.6 Å². The molecule has 5 nitrogen and oxygen atoms in total. The minimum atomic E-state index is -4.54. The molecule has 2 aromatic rings. The summed E-state index contributed by atoms with van der Waals surface area (Å²) in [6.45, 7) is 4.36. The van der Waals surface area contributed by atoms with Gasteiger partial charge in [0.25, 0.3) is 5.91 Å². The first-order valence-electron chi connectivity index (χ1n) is 7.98. The van der Waals surface area contributed by atoms with Crippen LogP contribution in [0.2, 0.25) is 5.02 Å². The van der Waals surface area contributed by atoms with Crippen LogP contribution in [-0.2, 0) is 6.18 Å². The Labute approximate surface area is 154 Å². The third-order valence-corrected chi connectivity index (χ3v) is 3.78. The monoisotopic (exact) mass is 386 g/mol. The summed E-state index contributed by atoms with van der Waals surface area (Å²) in [5.41, 5.74) is -1.01. The smallest absolute Gasteiger partial charge is 0.370 e. The number of carbonyl (C=O) groups is 1. The molecule has 1 heterocycles. The van der Waals surface area contributed by atoms with Crippen LogP contribution in [0.5, 0.6) is 0 Å². The normalized spacial score (nSPS) is 11.3. The number of alkyl halides is 3. The SMILES string of the molecule is CCCCNc1cc(C(=O)Nc2cc(C(F)(F)F)ccc2Cl)nc(C)n1. The standard InChI is InChI=1S/C17H18ClF3N4O/c1-3-4-7-22-15-9-14(23-10(2)24-15)16(26)25-13-8-11(17(19,20)21)5-6-12(13)18/h5-6,8-9H,3-4,7H2,1-2H3,(H,25,26)(H,22,23,24). The summed E-state index contributed by atoms with van der Waals surface area (Å²) in [4.78, 5) is 20.6. The summed E-state index contributed by atoms with van der Waals surface area (Å²) in [6, 6.07) is 4.17. The molecule has 140 valence electrons. The van der Waals surface area contributed by atoms with E-state index in [9.17, 15) is 18.0 Å². The Bertz CT molecular complexity index is 796. The molecule has 2 N–H and O–H groups in total. The summed E-state index contributed by atoms with van der Waals surface area (Å²) in [6.07, 6.45) is -2.60. The number of hydrogen-bond acceptors (Lipinski definition) is 4. The van der Waals surface area contributed by atoms with Crippen LogP contribution in [-0.4, -0.2) is 22.4 Å². The van der Waals surface area contributed by atoms with E-state index < -0.39 is 17.6 Å². The van der Waals surface area contributed by atoms with Crippen molar-refractivity contribution in [2.75, 3.05) is 17.2 Å². The molecule has 2 rings (SSSR count). The average Bonchev–Trinajstić information content (AvgIpc) is 2.55. The Hall–Kier alpha value is -2.35. The number of rotatable bonds is 6. The maximum Gasteiger partial charge on any atom is 0.416 e. The number of unbranched alkanes of at least 4 members (excludes halogenated alkanes) is 1. The van der Waals surface area contributed by atoms with Crippen molar-refractivity contribution >= 4 is 29.0 Å². The van der Waals surface area contributed by atoms with Gasteiger partial charge in [0.05, 0.1) is 16.3 Å². The second kappa shape index (κ2) is 8.35. The molecule has 9 heteroatoms. The van der Waals surface area contributed by atoms with Gasteiger partial charge in [0.1, 0.15) is 17.3 Å². The molecule has 26 heavy (non-hydrogen) atoms. The maximum absolute atomic E-state index is 12.8. The predicted octanol–water partition coefficient (Wildman–Crippen LogP) is 4.92. The minimum Gasteiger partial charge on any atom is -0.370 e. The number of hydrogen-bond donors (Lipinski definition) is 2. The van der Waals surface area contributed by atoms with E-state index in [4.69, 9.17) is 11.6 Å². The second-order valence-electron chi connectivity index (χ2n) is 5.61. The van der Waals surface area contributed by atoms with Crippen LogP contribution in [0.25, 0.3) is 0 Å². The van der Waals surface area contributed by atoms with Crippen molar-refractivity contribution in [1.29, 1.82) is 0 Å². The van der Waals surface area contributed by atoms with E-state index in [1.165, 1.54) is 6.07 Å². The molecule has 0 fully saturated rings. The van der Waals surface area contributed by atoms with Gasteiger partial charge in [-0.15, -0.1) is 0 Å². The molecular formula is C17H18ClF3N4O. The molecule has 0 saturated heterocycles. The van der Waals surface area contributed by atoms with Crippen molar-refractivity contribution in [1.82, 2.24) is 9.97 Å². The lowest BCUT2D eigenvalue weighted by molar-refractivity contribution is -0.137. The fraction of sp³-hybridized carbons (Fsp3) is 0.353. The zero-order valence-corrected chi connectivity index (χ0v) is 15.0. The van der Waals surface area contributed by atoms with Gasteiger partial charge in [-0.3, -0.25) is 4.79 Å². The first-order chi connectivity index (χ1) is 12.2. The fourth-order valence-corrected chi connectivity index (χ4v) is 2.32. The Morgan fingerprint density at radius 3 is 2.62 bits per heavy atom. The molecular weight excluding hydrogens is 369 g/mol. The lowest BCUT2D eigenvalue weighted by atomic mass is 10.2. The number of benzene rings is 1. The highest BCUT2D eigenvalue weighted by molar-refractivity contribution is 6.33. The van der Waals surface area contributed by atoms with Crippen LogP contribution in [0.1, 0.15) is 41.6 Å². The van der Waals surface area contributed by atoms with Gasteiger partial charge in [-0.1, -0.05) is 24.9 Å². The molecule has 0 unspecified atom stereocenters. The lowest BCUT2D eigenvalue weighted by Crippen LogP contribution is -2.17. The van der Waals surface area contributed by atoms with E-state index in [0.29, 0.717) is 18.2 Å². The number of carbonyl (C=O) groups excluding carboxylic acids is 1. The topological polar surface area (TPSA) is 66.9 Å². The summed E-state index contributed by atoms with van der Waals surface area (Å²) < 4.78 is 38.5. The number of halogens is 4. The molecule has 0 aliphatic rings. The minimum absolute atomic E-state index is 0.00146. The summed E-state index contributed by atoms with van der Waals surface area (Å²) in [5.74, 6) is 0.174. The highest BCUT2D eigenvalue weighted by atomic mass is 35.5. The number of aromatic nitrogens is 2. The molecule has 0 aliphatic carbocycles. The highest BCUT2D eigenvalue weighted by Crippen LogP contribution is 2.33.